The third-order valence-electron chi connectivity index (χ3n) is 4.89. The van der Waals surface area contributed by atoms with Crippen LogP contribution in [0.4, 0.5) is 4.39 Å². The van der Waals surface area contributed by atoms with E-state index in [1.165, 1.54) is 35.2 Å². The van der Waals surface area contributed by atoms with Gasteiger partial charge in [0.05, 0.1) is 5.39 Å². The second-order valence-electron chi connectivity index (χ2n) is 6.77. The van der Waals surface area contributed by atoms with E-state index in [2.05, 4.69) is 6.58 Å². The minimum Gasteiger partial charge on any atom is -0.342 e. The van der Waals surface area contributed by atoms with Crippen LogP contribution in [0.5, 0.6) is 0 Å². The third kappa shape index (κ3) is 4.00. The lowest BCUT2D eigenvalue weighted by Gasteiger charge is -2.16. The maximum atomic E-state index is 13.3. The Labute approximate surface area is 175 Å². The number of thiophene rings is 1. The summed E-state index contributed by atoms with van der Waals surface area (Å²) in [6.45, 7) is 5.57. The van der Waals surface area contributed by atoms with Gasteiger partial charge in [-0.25, -0.2) is 9.37 Å². The van der Waals surface area contributed by atoms with Crippen molar-refractivity contribution in [3.8, 4) is 11.1 Å². The number of allylic oxidation sites excluding steroid dienone is 1. The lowest BCUT2D eigenvalue weighted by atomic mass is 10.1. The van der Waals surface area contributed by atoms with Crippen LogP contribution in [0.25, 0.3) is 21.3 Å². The van der Waals surface area contributed by atoms with E-state index in [1.807, 2.05) is 10.3 Å². The van der Waals surface area contributed by atoms with Gasteiger partial charge in [0, 0.05) is 42.8 Å². The standard InChI is InChI=1S/C21H20FN3O2S2/c1-2-9-25-20(27)18-16(14-5-7-15(22)8-6-14)13-29-19(18)23-21(25)28-12-11-24-10-3-4-17(24)26/h2,5-8,13H,1,3-4,9-12H2. The van der Waals surface area contributed by atoms with E-state index in [1.54, 1.807) is 22.8 Å². The minimum atomic E-state index is -0.314. The first-order valence-corrected chi connectivity index (χ1v) is 11.2. The van der Waals surface area contributed by atoms with Gasteiger partial charge in [-0.3, -0.25) is 14.2 Å². The minimum absolute atomic E-state index is 0.129. The zero-order chi connectivity index (χ0) is 20.4. The zero-order valence-corrected chi connectivity index (χ0v) is 17.4. The number of benzene rings is 1. The molecule has 8 heteroatoms. The van der Waals surface area contributed by atoms with Crippen LogP contribution in [0.2, 0.25) is 0 Å². The van der Waals surface area contributed by atoms with Gasteiger partial charge in [0.25, 0.3) is 5.56 Å². The molecule has 0 unspecified atom stereocenters. The lowest BCUT2D eigenvalue weighted by molar-refractivity contribution is -0.127. The molecule has 1 aromatic carbocycles. The van der Waals surface area contributed by atoms with E-state index in [9.17, 15) is 14.0 Å². The normalized spacial score (nSPS) is 14.1. The molecule has 0 N–H and O–H groups in total. The average molecular weight is 430 g/mol. The Kier molecular flexibility index (Phi) is 5.82. The van der Waals surface area contributed by atoms with Crippen LogP contribution >= 0.6 is 23.1 Å². The monoisotopic (exact) mass is 429 g/mol. The van der Waals surface area contributed by atoms with Crippen molar-refractivity contribution < 1.29 is 9.18 Å². The number of thioether (sulfide) groups is 1. The molecule has 1 saturated heterocycles. The first-order chi connectivity index (χ1) is 14.1. The highest BCUT2D eigenvalue weighted by Crippen LogP contribution is 2.32. The fraction of sp³-hybridized carbons (Fsp3) is 0.286. The van der Waals surface area contributed by atoms with Crippen molar-refractivity contribution in [1.82, 2.24) is 14.5 Å². The first-order valence-electron chi connectivity index (χ1n) is 9.38. The van der Waals surface area contributed by atoms with E-state index >= 15 is 0 Å². The Morgan fingerprint density at radius 2 is 2.07 bits per heavy atom. The highest BCUT2D eigenvalue weighted by molar-refractivity contribution is 7.99. The van der Waals surface area contributed by atoms with Crippen LogP contribution in [0, 0.1) is 5.82 Å². The lowest BCUT2D eigenvalue weighted by Crippen LogP contribution is -2.27. The summed E-state index contributed by atoms with van der Waals surface area (Å²) >= 11 is 2.88. The van der Waals surface area contributed by atoms with E-state index in [-0.39, 0.29) is 17.3 Å². The molecule has 29 heavy (non-hydrogen) atoms. The summed E-state index contributed by atoms with van der Waals surface area (Å²) in [7, 11) is 0. The van der Waals surface area contributed by atoms with Crippen LogP contribution in [-0.2, 0) is 11.3 Å². The number of aromatic nitrogens is 2. The van der Waals surface area contributed by atoms with Crippen molar-refractivity contribution in [2.75, 3.05) is 18.8 Å². The molecule has 5 nitrogen and oxygen atoms in total. The van der Waals surface area contributed by atoms with Crippen LogP contribution in [0.3, 0.4) is 0 Å². The molecule has 3 aromatic rings. The second-order valence-corrected chi connectivity index (χ2v) is 8.69. The van der Waals surface area contributed by atoms with Crippen molar-refractivity contribution in [3.05, 3.63) is 58.5 Å². The topological polar surface area (TPSA) is 55.2 Å². The highest BCUT2D eigenvalue weighted by atomic mass is 32.2. The highest BCUT2D eigenvalue weighted by Gasteiger charge is 2.21. The van der Waals surface area contributed by atoms with Gasteiger partial charge in [-0.1, -0.05) is 30.0 Å². The first kappa shape index (κ1) is 19.8. The molecule has 4 rings (SSSR count). The number of carbonyl (C=O) groups is 1. The van der Waals surface area contributed by atoms with Gasteiger partial charge in [-0.15, -0.1) is 17.9 Å². The number of hydrogen-bond donors (Lipinski definition) is 0. The van der Waals surface area contributed by atoms with Gasteiger partial charge in [-0.2, -0.15) is 0 Å². The maximum Gasteiger partial charge on any atom is 0.263 e. The molecule has 0 atom stereocenters. The summed E-state index contributed by atoms with van der Waals surface area (Å²) in [4.78, 5) is 32.3. The number of fused-ring (bicyclic) bond motifs is 1. The molecule has 0 bridgehead atoms. The van der Waals surface area contributed by atoms with Crippen molar-refractivity contribution in [2.24, 2.45) is 0 Å². The van der Waals surface area contributed by atoms with E-state index in [0.717, 1.165) is 24.1 Å². The molecule has 1 amide bonds. The Morgan fingerprint density at radius 1 is 1.28 bits per heavy atom. The van der Waals surface area contributed by atoms with E-state index in [0.29, 0.717) is 40.6 Å². The fourth-order valence-electron chi connectivity index (χ4n) is 3.44. The number of halogens is 1. The predicted octanol–water partition coefficient (Wildman–Crippen LogP) is 4.16. The summed E-state index contributed by atoms with van der Waals surface area (Å²) in [6, 6.07) is 6.12. The molecule has 1 aliphatic heterocycles. The predicted molar refractivity (Wildman–Crippen MR) is 116 cm³/mol. The number of nitrogens with zero attached hydrogens (tertiary/aromatic N) is 3. The molecule has 0 radical (unpaired) electrons. The number of hydrogen-bond acceptors (Lipinski definition) is 5. The summed E-state index contributed by atoms with van der Waals surface area (Å²) in [5.74, 6) is 0.558. The summed E-state index contributed by atoms with van der Waals surface area (Å²) < 4.78 is 14.9. The molecule has 2 aromatic heterocycles. The van der Waals surface area contributed by atoms with Crippen LogP contribution in [0.15, 0.2) is 52.3 Å². The second kappa shape index (κ2) is 8.51. The molecular weight excluding hydrogens is 409 g/mol. The van der Waals surface area contributed by atoms with E-state index < -0.39 is 0 Å². The quantitative estimate of drug-likeness (QED) is 0.321. The molecule has 0 saturated carbocycles. The molecule has 0 aliphatic carbocycles. The largest absolute Gasteiger partial charge is 0.342 e. The van der Waals surface area contributed by atoms with Gasteiger partial charge in [-0.05, 0) is 24.1 Å². The van der Waals surface area contributed by atoms with Gasteiger partial charge >= 0.3 is 0 Å². The van der Waals surface area contributed by atoms with Crippen LogP contribution in [-0.4, -0.2) is 39.2 Å². The molecule has 150 valence electrons. The van der Waals surface area contributed by atoms with Crippen molar-refractivity contribution >= 4 is 39.2 Å². The van der Waals surface area contributed by atoms with Gasteiger partial charge in [0.2, 0.25) is 5.91 Å². The van der Waals surface area contributed by atoms with E-state index in [4.69, 9.17) is 4.98 Å². The molecular formula is C21H20FN3O2S2. The van der Waals surface area contributed by atoms with Crippen molar-refractivity contribution in [3.63, 3.8) is 0 Å². The fourth-order valence-corrected chi connectivity index (χ4v) is 5.39. The van der Waals surface area contributed by atoms with Gasteiger partial charge in [0.15, 0.2) is 5.16 Å². The number of carbonyl (C=O) groups excluding carboxylic acids is 1. The Bertz CT molecular complexity index is 1120. The average Bonchev–Trinajstić information content (AvgIpc) is 3.32. The molecule has 3 heterocycles. The van der Waals surface area contributed by atoms with Crippen molar-refractivity contribution in [2.45, 2.75) is 24.5 Å². The Hall–Kier alpha value is -2.45. The molecule has 1 fully saturated rings. The summed E-state index contributed by atoms with van der Waals surface area (Å²) in [6.07, 6.45) is 3.21. The number of likely N-dealkylation sites (tertiary alicyclic amines) is 1. The zero-order valence-electron chi connectivity index (χ0n) is 15.8. The van der Waals surface area contributed by atoms with Crippen LogP contribution < -0.4 is 5.56 Å². The number of rotatable bonds is 7. The molecule has 1 aliphatic rings. The summed E-state index contributed by atoms with van der Waals surface area (Å²) in [5.41, 5.74) is 1.42. The SMILES string of the molecule is C=CCn1c(SCCN2CCCC2=O)nc2scc(-c3ccc(F)cc3)c2c1=O. The number of amides is 1. The Morgan fingerprint density at radius 3 is 2.76 bits per heavy atom. The van der Waals surface area contributed by atoms with Crippen LogP contribution in [0.1, 0.15) is 12.8 Å². The molecule has 0 spiro atoms. The smallest absolute Gasteiger partial charge is 0.263 e. The summed E-state index contributed by atoms with van der Waals surface area (Å²) in [5, 5.41) is 3.06. The van der Waals surface area contributed by atoms with Crippen molar-refractivity contribution in [1.29, 1.82) is 0 Å². The Balaban J connectivity index is 1.67. The van der Waals surface area contributed by atoms with Gasteiger partial charge in [0.1, 0.15) is 10.6 Å². The third-order valence-corrected chi connectivity index (χ3v) is 6.72. The van der Waals surface area contributed by atoms with Gasteiger partial charge < -0.3 is 4.90 Å². The maximum absolute atomic E-state index is 13.3.